The van der Waals surface area contributed by atoms with Crippen LogP contribution < -0.4 is 5.32 Å². The average Bonchev–Trinajstić information content (AvgIpc) is 2.75. The monoisotopic (exact) mass is 252 g/mol. The second-order valence-corrected chi connectivity index (χ2v) is 5.60. The minimum absolute atomic E-state index is 0.273. The summed E-state index contributed by atoms with van der Waals surface area (Å²) in [6.07, 6.45) is 1.63. The molecule has 2 heterocycles. The van der Waals surface area contributed by atoms with Gasteiger partial charge in [-0.05, 0) is 36.9 Å². The number of hydrogen-bond donors (Lipinski definition) is 1. The van der Waals surface area contributed by atoms with Crippen LogP contribution in [0.15, 0.2) is 11.4 Å². The molecule has 0 aliphatic carbocycles. The van der Waals surface area contributed by atoms with Crippen LogP contribution >= 0.6 is 11.3 Å². The van der Waals surface area contributed by atoms with Gasteiger partial charge in [0.05, 0.1) is 0 Å². The molecule has 0 spiro atoms. The number of fused-ring (bicyclic) bond motifs is 1. The van der Waals surface area contributed by atoms with Crippen molar-refractivity contribution in [3.05, 3.63) is 21.9 Å². The Balaban J connectivity index is 1.90. The third-order valence-electron chi connectivity index (χ3n) is 3.19. The van der Waals surface area contributed by atoms with Crippen LogP contribution in [0.3, 0.4) is 0 Å². The van der Waals surface area contributed by atoms with Crippen LogP contribution in [0.5, 0.6) is 0 Å². The summed E-state index contributed by atoms with van der Waals surface area (Å²) in [6, 6.07) is 2.42. The normalized spacial score (nSPS) is 16.7. The van der Waals surface area contributed by atoms with Gasteiger partial charge in [-0.2, -0.15) is 0 Å². The molecule has 0 saturated heterocycles. The zero-order valence-corrected chi connectivity index (χ0v) is 11.3. The summed E-state index contributed by atoms with van der Waals surface area (Å²) in [7, 11) is 0. The lowest BCUT2D eigenvalue weighted by Gasteiger charge is -2.28. The van der Waals surface area contributed by atoms with E-state index < -0.39 is 0 Å². The highest BCUT2D eigenvalue weighted by Crippen LogP contribution is 2.24. The lowest BCUT2D eigenvalue weighted by Crippen LogP contribution is -2.39. The Morgan fingerprint density at radius 1 is 1.65 bits per heavy atom. The van der Waals surface area contributed by atoms with E-state index in [1.807, 2.05) is 16.2 Å². The Labute approximate surface area is 107 Å². The van der Waals surface area contributed by atoms with Crippen LogP contribution in [-0.2, 0) is 17.8 Å². The van der Waals surface area contributed by atoms with E-state index in [9.17, 15) is 4.79 Å². The van der Waals surface area contributed by atoms with Crippen molar-refractivity contribution in [3.63, 3.8) is 0 Å². The van der Waals surface area contributed by atoms with Crippen molar-refractivity contribution in [2.75, 3.05) is 13.1 Å². The highest BCUT2D eigenvalue weighted by Gasteiger charge is 2.22. The Hall–Kier alpha value is -0.870. The van der Waals surface area contributed by atoms with E-state index in [1.165, 1.54) is 10.4 Å². The lowest BCUT2D eigenvalue weighted by molar-refractivity contribution is -0.132. The molecule has 1 atom stereocenters. The summed E-state index contributed by atoms with van der Waals surface area (Å²) < 4.78 is 0. The van der Waals surface area contributed by atoms with Gasteiger partial charge in [0.15, 0.2) is 0 Å². The Kier molecular flexibility index (Phi) is 4.18. The highest BCUT2D eigenvalue weighted by molar-refractivity contribution is 7.10. The van der Waals surface area contributed by atoms with Crippen molar-refractivity contribution in [1.82, 2.24) is 10.2 Å². The lowest BCUT2D eigenvalue weighted by atomic mass is 10.1. The van der Waals surface area contributed by atoms with Crippen molar-refractivity contribution in [2.45, 2.75) is 39.3 Å². The minimum atomic E-state index is 0.273. The van der Waals surface area contributed by atoms with Crippen LogP contribution in [0.4, 0.5) is 0 Å². The van der Waals surface area contributed by atoms with Crippen LogP contribution in [-0.4, -0.2) is 29.9 Å². The molecule has 4 heteroatoms. The molecular weight excluding hydrogens is 232 g/mol. The van der Waals surface area contributed by atoms with Crippen LogP contribution in [0.2, 0.25) is 0 Å². The number of rotatable bonds is 4. The molecule has 94 valence electrons. The maximum Gasteiger partial charge on any atom is 0.224 e. The molecule has 17 heavy (non-hydrogen) atoms. The summed E-state index contributed by atoms with van der Waals surface area (Å²) in [6.45, 7) is 6.74. The topological polar surface area (TPSA) is 32.3 Å². The second-order valence-electron chi connectivity index (χ2n) is 4.60. The first-order valence-electron chi connectivity index (χ1n) is 6.27. The van der Waals surface area contributed by atoms with Gasteiger partial charge in [0.1, 0.15) is 0 Å². The molecule has 0 fully saturated rings. The smallest absolute Gasteiger partial charge is 0.224 e. The quantitative estimate of drug-likeness (QED) is 0.889. The predicted molar refractivity (Wildman–Crippen MR) is 71.2 cm³/mol. The molecule has 0 aromatic carbocycles. The zero-order chi connectivity index (χ0) is 12.3. The third-order valence-corrected chi connectivity index (χ3v) is 4.22. The van der Waals surface area contributed by atoms with Gasteiger partial charge in [-0.3, -0.25) is 4.79 Å². The fourth-order valence-electron chi connectivity index (χ4n) is 2.27. The Morgan fingerprint density at radius 3 is 3.24 bits per heavy atom. The van der Waals surface area contributed by atoms with E-state index >= 15 is 0 Å². The standard InChI is InChI=1S/C13H20N2OS/c1-3-14-10(2)8-13(16)15-6-4-12-11(9-15)5-7-17-12/h5,7,10,14H,3-4,6,8-9H2,1-2H3. The Morgan fingerprint density at radius 2 is 2.47 bits per heavy atom. The SMILES string of the molecule is CCNC(C)CC(=O)N1CCc2sccc2C1. The fourth-order valence-corrected chi connectivity index (χ4v) is 3.16. The molecule has 0 radical (unpaired) electrons. The minimum Gasteiger partial charge on any atom is -0.338 e. The predicted octanol–water partition coefficient (Wildman–Crippen LogP) is 2.02. The first-order chi connectivity index (χ1) is 8.20. The van der Waals surface area contributed by atoms with Gasteiger partial charge in [-0.25, -0.2) is 0 Å². The molecule has 1 amide bonds. The van der Waals surface area contributed by atoms with Crippen LogP contribution in [0.25, 0.3) is 0 Å². The van der Waals surface area contributed by atoms with Gasteiger partial charge in [0.2, 0.25) is 5.91 Å². The second kappa shape index (κ2) is 5.65. The molecule has 3 nitrogen and oxygen atoms in total. The maximum absolute atomic E-state index is 12.1. The molecule has 1 aliphatic heterocycles. The van der Waals surface area contributed by atoms with Gasteiger partial charge in [-0.1, -0.05) is 6.92 Å². The van der Waals surface area contributed by atoms with Crippen molar-refractivity contribution in [2.24, 2.45) is 0 Å². The summed E-state index contributed by atoms with van der Waals surface area (Å²) in [5.41, 5.74) is 1.34. The van der Waals surface area contributed by atoms with E-state index in [-0.39, 0.29) is 11.9 Å². The van der Waals surface area contributed by atoms with Gasteiger partial charge >= 0.3 is 0 Å². The van der Waals surface area contributed by atoms with Crippen molar-refractivity contribution >= 4 is 17.2 Å². The van der Waals surface area contributed by atoms with E-state index in [0.717, 1.165) is 26.1 Å². The Bertz CT molecular complexity index is 389. The fraction of sp³-hybridized carbons (Fsp3) is 0.615. The summed E-state index contributed by atoms with van der Waals surface area (Å²) in [5.74, 6) is 0.273. The van der Waals surface area contributed by atoms with Crippen LogP contribution in [0.1, 0.15) is 30.7 Å². The van der Waals surface area contributed by atoms with E-state index in [4.69, 9.17) is 0 Å². The number of amides is 1. The largest absolute Gasteiger partial charge is 0.338 e. The first-order valence-corrected chi connectivity index (χ1v) is 7.15. The van der Waals surface area contributed by atoms with Gasteiger partial charge in [-0.15, -0.1) is 11.3 Å². The number of hydrogen-bond acceptors (Lipinski definition) is 3. The third kappa shape index (κ3) is 3.07. The van der Waals surface area contributed by atoms with Crippen LogP contribution in [0, 0.1) is 0 Å². The zero-order valence-electron chi connectivity index (χ0n) is 10.5. The van der Waals surface area contributed by atoms with Crippen molar-refractivity contribution in [3.8, 4) is 0 Å². The summed E-state index contributed by atoms with van der Waals surface area (Å²) in [5, 5.41) is 5.41. The number of carbonyl (C=O) groups is 1. The number of thiophene rings is 1. The van der Waals surface area contributed by atoms with Gasteiger partial charge < -0.3 is 10.2 Å². The van der Waals surface area contributed by atoms with E-state index in [2.05, 4.69) is 30.6 Å². The van der Waals surface area contributed by atoms with Gasteiger partial charge in [0.25, 0.3) is 0 Å². The number of nitrogens with zero attached hydrogens (tertiary/aromatic N) is 1. The van der Waals surface area contributed by atoms with Crippen molar-refractivity contribution in [1.29, 1.82) is 0 Å². The molecule has 1 aliphatic rings. The summed E-state index contributed by atoms with van der Waals surface area (Å²) in [4.78, 5) is 15.5. The number of nitrogens with one attached hydrogen (secondary N) is 1. The molecule has 1 unspecified atom stereocenters. The highest BCUT2D eigenvalue weighted by atomic mass is 32.1. The molecule has 0 saturated carbocycles. The average molecular weight is 252 g/mol. The number of carbonyl (C=O) groups excluding carboxylic acids is 1. The molecule has 2 rings (SSSR count). The van der Waals surface area contributed by atoms with Gasteiger partial charge in [0, 0.05) is 30.4 Å². The molecule has 1 N–H and O–H groups in total. The molecular formula is C13H20N2OS. The van der Waals surface area contributed by atoms with Crippen molar-refractivity contribution < 1.29 is 4.79 Å². The van der Waals surface area contributed by atoms with E-state index in [0.29, 0.717) is 6.42 Å². The molecule has 1 aromatic heterocycles. The first kappa shape index (κ1) is 12.6. The van der Waals surface area contributed by atoms with E-state index in [1.54, 1.807) is 0 Å². The maximum atomic E-state index is 12.1. The summed E-state index contributed by atoms with van der Waals surface area (Å²) >= 11 is 1.81. The molecule has 0 bridgehead atoms. The molecule has 1 aromatic rings.